The average Bonchev–Trinajstić information content (AvgIpc) is 3.20. The second-order valence-corrected chi connectivity index (χ2v) is 8.42. The molecule has 0 saturated heterocycles. The average molecular weight is 463 g/mol. The van der Waals surface area contributed by atoms with E-state index in [2.05, 4.69) is 26.2 Å². The van der Waals surface area contributed by atoms with E-state index in [1.54, 1.807) is 0 Å². The molecule has 0 unspecified atom stereocenters. The van der Waals surface area contributed by atoms with Crippen LogP contribution < -0.4 is 10.1 Å². The van der Waals surface area contributed by atoms with Crippen LogP contribution in [0.15, 0.2) is 82.6 Å². The van der Waals surface area contributed by atoms with Crippen LogP contribution in [-0.4, -0.2) is 10.9 Å². The Balaban J connectivity index is 1.45. The standard InChI is InChI=1S/C23H15BrN2O2S/c24-15-11-9-14(10-12-15)18-13-29-23(25-18)26-22(27)21-16-5-1-3-7-19(16)28-20-8-4-2-6-17(20)21/h1-13,21H,(H,25,26,27). The number of nitrogens with one attached hydrogen (secondary N) is 1. The van der Waals surface area contributed by atoms with Gasteiger partial charge in [0.25, 0.3) is 0 Å². The summed E-state index contributed by atoms with van der Waals surface area (Å²) in [6.07, 6.45) is 0. The largest absolute Gasteiger partial charge is 0.457 e. The zero-order valence-corrected chi connectivity index (χ0v) is 17.5. The first-order valence-electron chi connectivity index (χ1n) is 9.07. The van der Waals surface area contributed by atoms with Crippen LogP contribution in [0.1, 0.15) is 17.0 Å². The molecular formula is C23H15BrN2O2S. The molecule has 0 saturated carbocycles. The summed E-state index contributed by atoms with van der Waals surface area (Å²) in [4.78, 5) is 17.9. The maximum absolute atomic E-state index is 13.3. The summed E-state index contributed by atoms with van der Waals surface area (Å²) in [7, 11) is 0. The lowest BCUT2D eigenvalue weighted by molar-refractivity contribution is -0.116. The number of carbonyl (C=O) groups excluding carboxylic acids is 1. The van der Waals surface area contributed by atoms with Gasteiger partial charge in [-0.3, -0.25) is 4.79 Å². The molecule has 6 heteroatoms. The van der Waals surface area contributed by atoms with Gasteiger partial charge >= 0.3 is 0 Å². The van der Waals surface area contributed by atoms with E-state index in [1.807, 2.05) is 78.2 Å². The second kappa shape index (κ2) is 7.46. The van der Waals surface area contributed by atoms with E-state index < -0.39 is 5.92 Å². The number of hydrogen-bond acceptors (Lipinski definition) is 4. The molecule has 142 valence electrons. The van der Waals surface area contributed by atoms with Gasteiger partial charge in [0.1, 0.15) is 11.5 Å². The van der Waals surface area contributed by atoms with Gasteiger partial charge in [0.05, 0.1) is 11.6 Å². The highest BCUT2D eigenvalue weighted by Crippen LogP contribution is 2.44. The van der Waals surface area contributed by atoms with Crippen LogP contribution in [0.25, 0.3) is 11.3 Å². The smallest absolute Gasteiger partial charge is 0.238 e. The molecule has 1 aliphatic heterocycles. The highest BCUT2D eigenvalue weighted by Gasteiger charge is 2.32. The van der Waals surface area contributed by atoms with Crippen LogP contribution in [0, 0.1) is 0 Å². The molecule has 0 aliphatic carbocycles. The molecule has 4 nitrogen and oxygen atoms in total. The van der Waals surface area contributed by atoms with Crippen LogP contribution in [0.3, 0.4) is 0 Å². The Morgan fingerprint density at radius 2 is 1.55 bits per heavy atom. The van der Waals surface area contributed by atoms with Crippen molar-refractivity contribution >= 4 is 38.3 Å². The fourth-order valence-electron chi connectivity index (χ4n) is 3.45. The van der Waals surface area contributed by atoms with Gasteiger partial charge in [-0.15, -0.1) is 11.3 Å². The van der Waals surface area contributed by atoms with Crippen molar-refractivity contribution < 1.29 is 9.53 Å². The lowest BCUT2D eigenvalue weighted by Crippen LogP contribution is -2.25. The summed E-state index contributed by atoms with van der Waals surface area (Å²) in [6, 6.07) is 23.3. The molecule has 0 spiro atoms. The van der Waals surface area contributed by atoms with Crippen molar-refractivity contribution in [3.63, 3.8) is 0 Å². The van der Waals surface area contributed by atoms with E-state index in [4.69, 9.17) is 4.74 Å². The molecule has 29 heavy (non-hydrogen) atoms. The molecule has 1 aliphatic rings. The molecule has 0 fully saturated rings. The number of hydrogen-bond donors (Lipinski definition) is 1. The molecule has 0 bridgehead atoms. The van der Waals surface area contributed by atoms with Gasteiger partial charge in [-0.25, -0.2) is 4.98 Å². The molecule has 2 heterocycles. The van der Waals surface area contributed by atoms with Gasteiger partial charge in [-0.2, -0.15) is 0 Å². The fraction of sp³-hybridized carbons (Fsp3) is 0.0435. The predicted molar refractivity (Wildman–Crippen MR) is 119 cm³/mol. The normalized spacial score (nSPS) is 12.6. The van der Waals surface area contributed by atoms with Crippen molar-refractivity contribution in [2.45, 2.75) is 5.92 Å². The maximum atomic E-state index is 13.3. The number of amides is 1. The van der Waals surface area contributed by atoms with Gasteiger partial charge in [0.15, 0.2) is 5.13 Å². The highest BCUT2D eigenvalue weighted by atomic mass is 79.9. The summed E-state index contributed by atoms with van der Waals surface area (Å²) < 4.78 is 7.00. The molecule has 4 aromatic rings. The summed E-state index contributed by atoms with van der Waals surface area (Å²) >= 11 is 4.86. The SMILES string of the molecule is O=C(Nc1nc(-c2ccc(Br)cc2)cs1)C1c2ccccc2Oc2ccccc21. The van der Waals surface area contributed by atoms with E-state index >= 15 is 0 Å². The molecule has 1 aromatic heterocycles. The van der Waals surface area contributed by atoms with Crippen LogP contribution in [-0.2, 0) is 4.79 Å². The zero-order valence-electron chi connectivity index (χ0n) is 15.1. The van der Waals surface area contributed by atoms with Crippen LogP contribution in [0.5, 0.6) is 11.5 Å². The van der Waals surface area contributed by atoms with Crippen molar-refractivity contribution in [2.24, 2.45) is 0 Å². The van der Waals surface area contributed by atoms with Crippen LogP contribution in [0.4, 0.5) is 5.13 Å². The number of para-hydroxylation sites is 2. The minimum Gasteiger partial charge on any atom is -0.457 e. The maximum Gasteiger partial charge on any atom is 0.238 e. The third-order valence-electron chi connectivity index (χ3n) is 4.82. The lowest BCUT2D eigenvalue weighted by Gasteiger charge is -2.27. The summed E-state index contributed by atoms with van der Waals surface area (Å²) in [6.45, 7) is 0. The van der Waals surface area contributed by atoms with E-state index in [9.17, 15) is 4.79 Å². The first-order chi connectivity index (χ1) is 14.2. The molecule has 5 rings (SSSR count). The number of nitrogens with zero attached hydrogens (tertiary/aromatic N) is 1. The number of rotatable bonds is 3. The molecule has 3 aromatic carbocycles. The Bertz CT molecular complexity index is 1160. The second-order valence-electron chi connectivity index (χ2n) is 6.64. The summed E-state index contributed by atoms with van der Waals surface area (Å²) in [5.41, 5.74) is 3.55. The number of aromatic nitrogens is 1. The quantitative estimate of drug-likeness (QED) is 0.380. The number of halogens is 1. The Morgan fingerprint density at radius 1 is 0.931 bits per heavy atom. The zero-order chi connectivity index (χ0) is 19.8. The van der Waals surface area contributed by atoms with Gasteiger partial charge < -0.3 is 10.1 Å². The minimum atomic E-state index is -0.448. The summed E-state index contributed by atoms with van der Waals surface area (Å²) in [5, 5.41) is 5.53. The number of thiazole rings is 1. The van der Waals surface area contributed by atoms with Gasteiger partial charge in [-0.1, -0.05) is 64.5 Å². The van der Waals surface area contributed by atoms with E-state index in [-0.39, 0.29) is 5.91 Å². The molecular weight excluding hydrogens is 448 g/mol. The number of fused-ring (bicyclic) bond motifs is 2. The van der Waals surface area contributed by atoms with Crippen molar-refractivity contribution in [2.75, 3.05) is 5.32 Å². The highest BCUT2D eigenvalue weighted by molar-refractivity contribution is 9.10. The van der Waals surface area contributed by atoms with Crippen molar-refractivity contribution in [1.29, 1.82) is 0 Å². The lowest BCUT2D eigenvalue weighted by atomic mass is 9.87. The van der Waals surface area contributed by atoms with Crippen molar-refractivity contribution in [3.05, 3.63) is 93.8 Å². The van der Waals surface area contributed by atoms with Crippen LogP contribution in [0.2, 0.25) is 0 Å². The third kappa shape index (κ3) is 3.45. The van der Waals surface area contributed by atoms with Gasteiger partial charge in [0.2, 0.25) is 5.91 Å². The first-order valence-corrected chi connectivity index (χ1v) is 10.7. The Kier molecular flexibility index (Phi) is 4.66. The molecule has 0 radical (unpaired) electrons. The van der Waals surface area contributed by atoms with Gasteiger partial charge in [0, 0.05) is 26.5 Å². The van der Waals surface area contributed by atoms with E-state index in [0.29, 0.717) is 16.6 Å². The fourth-order valence-corrected chi connectivity index (χ4v) is 4.44. The van der Waals surface area contributed by atoms with Crippen LogP contribution >= 0.6 is 27.3 Å². The molecule has 1 N–H and O–H groups in total. The Hall–Kier alpha value is -2.96. The van der Waals surface area contributed by atoms with E-state index in [1.165, 1.54) is 11.3 Å². The van der Waals surface area contributed by atoms with Gasteiger partial charge in [-0.05, 0) is 24.3 Å². The third-order valence-corrected chi connectivity index (χ3v) is 6.10. The number of carbonyl (C=O) groups is 1. The van der Waals surface area contributed by atoms with Crippen molar-refractivity contribution in [1.82, 2.24) is 4.98 Å². The van der Waals surface area contributed by atoms with E-state index in [0.717, 1.165) is 26.9 Å². The summed E-state index contributed by atoms with van der Waals surface area (Å²) in [5.74, 6) is 0.850. The monoisotopic (exact) mass is 462 g/mol. The number of anilines is 1. The predicted octanol–water partition coefficient (Wildman–Crippen LogP) is 6.45. The molecule has 1 amide bonds. The Morgan fingerprint density at radius 3 is 2.21 bits per heavy atom. The van der Waals surface area contributed by atoms with Crippen molar-refractivity contribution in [3.8, 4) is 22.8 Å². The number of ether oxygens (including phenoxy) is 1. The minimum absolute atomic E-state index is 0.120. The topological polar surface area (TPSA) is 51.2 Å². The molecule has 0 atom stereocenters. The first kappa shape index (κ1) is 18.1. The number of benzene rings is 3. The Labute approximate surface area is 180 Å².